The van der Waals surface area contributed by atoms with Gasteiger partial charge in [0, 0.05) is 18.2 Å². The van der Waals surface area contributed by atoms with E-state index in [1.54, 1.807) is 13.2 Å². The Labute approximate surface area is 120 Å². The van der Waals surface area contributed by atoms with Crippen LogP contribution in [0.5, 0.6) is 5.75 Å². The maximum absolute atomic E-state index is 13.9. The lowest BCUT2D eigenvalue weighted by molar-refractivity contribution is 0.318. The first-order valence-corrected chi connectivity index (χ1v) is 7.53. The summed E-state index contributed by atoms with van der Waals surface area (Å²) in [6.45, 7) is 2.24. The van der Waals surface area contributed by atoms with Crippen molar-refractivity contribution in [3.05, 3.63) is 17.9 Å². The van der Waals surface area contributed by atoms with Gasteiger partial charge in [-0.3, -0.25) is 0 Å². The summed E-state index contributed by atoms with van der Waals surface area (Å²) in [5.41, 5.74) is 6.52. The van der Waals surface area contributed by atoms with Gasteiger partial charge in [-0.25, -0.2) is 4.39 Å². The van der Waals surface area contributed by atoms with E-state index in [1.807, 2.05) is 0 Å². The predicted octanol–water partition coefficient (Wildman–Crippen LogP) is 4.19. The molecule has 0 aliphatic heterocycles. The van der Waals surface area contributed by atoms with Crippen LogP contribution in [0.2, 0.25) is 0 Å². The highest BCUT2D eigenvalue weighted by molar-refractivity contribution is 5.62. The monoisotopic (exact) mass is 280 g/mol. The molecule has 0 saturated heterocycles. The highest BCUT2D eigenvalue weighted by Crippen LogP contribution is 2.32. The first-order valence-electron chi connectivity index (χ1n) is 7.53. The number of benzene rings is 1. The van der Waals surface area contributed by atoms with Crippen LogP contribution in [0.1, 0.15) is 45.4 Å². The molecule has 0 amide bonds. The molecular formula is C16H25FN2O. The quantitative estimate of drug-likeness (QED) is 0.795. The largest absolute Gasteiger partial charge is 0.495 e. The summed E-state index contributed by atoms with van der Waals surface area (Å²) in [5, 5.41) is 3.30. The number of methoxy groups -OCH3 is 1. The highest BCUT2D eigenvalue weighted by Gasteiger charge is 2.21. The third-order valence-electron chi connectivity index (χ3n) is 4.22. The van der Waals surface area contributed by atoms with Gasteiger partial charge in [0.25, 0.3) is 0 Å². The number of ether oxygens (including phenoxy) is 1. The molecule has 1 fully saturated rings. The second-order valence-corrected chi connectivity index (χ2v) is 5.72. The number of hydrogen-bond acceptors (Lipinski definition) is 3. The van der Waals surface area contributed by atoms with E-state index >= 15 is 0 Å². The molecule has 3 N–H and O–H groups in total. The third-order valence-corrected chi connectivity index (χ3v) is 4.22. The molecule has 0 aromatic heterocycles. The highest BCUT2D eigenvalue weighted by atomic mass is 19.1. The van der Waals surface area contributed by atoms with Crippen LogP contribution >= 0.6 is 0 Å². The maximum atomic E-state index is 13.9. The van der Waals surface area contributed by atoms with Gasteiger partial charge in [0.15, 0.2) is 0 Å². The van der Waals surface area contributed by atoms with Crippen molar-refractivity contribution >= 4 is 11.4 Å². The average molecular weight is 280 g/mol. The standard InChI is InChI=1S/C16H25FN2O/c1-3-4-11-5-7-12(8-6-11)19-15-10-16(20-2)14(18)9-13(15)17/h9-12,19H,3-8,18H2,1-2H3. The van der Waals surface area contributed by atoms with Gasteiger partial charge in [-0.1, -0.05) is 19.8 Å². The SMILES string of the molecule is CCCC1CCC(Nc2cc(OC)c(N)cc2F)CC1. The van der Waals surface area contributed by atoms with Gasteiger partial charge in [0.05, 0.1) is 18.5 Å². The fraction of sp³-hybridized carbons (Fsp3) is 0.625. The molecule has 112 valence electrons. The van der Waals surface area contributed by atoms with Crippen LogP contribution in [-0.2, 0) is 0 Å². The van der Waals surface area contributed by atoms with Gasteiger partial charge in [0.1, 0.15) is 11.6 Å². The van der Waals surface area contributed by atoms with Crippen molar-refractivity contribution in [1.29, 1.82) is 0 Å². The van der Waals surface area contributed by atoms with Gasteiger partial charge >= 0.3 is 0 Å². The summed E-state index contributed by atoms with van der Waals surface area (Å²) >= 11 is 0. The van der Waals surface area contributed by atoms with Crippen LogP contribution in [0, 0.1) is 11.7 Å². The van der Waals surface area contributed by atoms with E-state index in [2.05, 4.69) is 12.2 Å². The van der Waals surface area contributed by atoms with E-state index in [0.717, 1.165) is 18.8 Å². The van der Waals surface area contributed by atoms with Crippen molar-refractivity contribution < 1.29 is 9.13 Å². The molecule has 1 aliphatic carbocycles. The molecule has 4 heteroatoms. The van der Waals surface area contributed by atoms with Crippen LogP contribution in [0.25, 0.3) is 0 Å². The number of nitrogens with two attached hydrogens (primary N) is 1. The van der Waals surface area contributed by atoms with Crippen LogP contribution < -0.4 is 15.8 Å². The van der Waals surface area contributed by atoms with Gasteiger partial charge in [-0.2, -0.15) is 0 Å². The molecule has 0 radical (unpaired) electrons. The lowest BCUT2D eigenvalue weighted by Crippen LogP contribution is -2.26. The van der Waals surface area contributed by atoms with E-state index in [4.69, 9.17) is 10.5 Å². The summed E-state index contributed by atoms with van der Waals surface area (Å²) in [6, 6.07) is 3.33. The third kappa shape index (κ3) is 3.56. The minimum atomic E-state index is -0.306. The van der Waals surface area contributed by atoms with E-state index in [9.17, 15) is 4.39 Å². The van der Waals surface area contributed by atoms with Crippen LogP contribution in [0.15, 0.2) is 12.1 Å². The summed E-state index contributed by atoms with van der Waals surface area (Å²) in [4.78, 5) is 0. The van der Waals surface area contributed by atoms with Crippen molar-refractivity contribution in [2.45, 2.75) is 51.5 Å². The molecule has 1 aromatic carbocycles. The van der Waals surface area contributed by atoms with Crippen molar-refractivity contribution in [2.75, 3.05) is 18.2 Å². The molecule has 2 rings (SSSR count). The van der Waals surface area contributed by atoms with Crippen molar-refractivity contribution in [3.63, 3.8) is 0 Å². The molecule has 1 aromatic rings. The maximum Gasteiger partial charge on any atom is 0.148 e. The van der Waals surface area contributed by atoms with Gasteiger partial charge in [0.2, 0.25) is 0 Å². The average Bonchev–Trinajstić information content (AvgIpc) is 2.44. The first-order chi connectivity index (χ1) is 9.63. The molecule has 0 spiro atoms. The summed E-state index contributed by atoms with van der Waals surface area (Å²) in [7, 11) is 1.54. The van der Waals surface area contributed by atoms with Crippen molar-refractivity contribution in [2.24, 2.45) is 5.92 Å². The van der Waals surface area contributed by atoms with Crippen LogP contribution in [0.4, 0.5) is 15.8 Å². The van der Waals surface area contributed by atoms with Crippen molar-refractivity contribution in [3.8, 4) is 5.75 Å². The number of anilines is 2. The Balaban J connectivity index is 1.97. The van der Waals surface area contributed by atoms with E-state index < -0.39 is 0 Å². The van der Waals surface area contributed by atoms with Gasteiger partial charge < -0.3 is 15.8 Å². The molecule has 1 aliphatic rings. The van der Waals surface area contributed by atoms with Crippen LogP contribution in [0.3, 0.4) is 0 Å². The Hall–Kier alpha value is -1.45. The van der Waals surface area contributed by atoms with Crippen LogP contribution in [-0.4, -0.2) is 13.2 Å². The van der Waals surface area contributed by atoms with E-state index in [0.29, 0.717) is 23.2 Å². The summed E-state index contributed by atoms with van der Waals surface area (Å²) < 4.78 is 19.1. The molecular weight excluding hydrogens is 255 g/mol. The Morgan fingerprint density at radius 2 is 2.00 bits per heavy atom. The molecule has 20 heavy (non-hydrogen) atoms. The second kappa shape index (κ2) is 6.82. The lowest BCUT2D eigenvalue weighted by Gasteiger charge is -2.29. The van der Waals surface area contributed by atoms with E-state index in [-0.39, 0.29) is 5.82 Å². The summed E-state index contributed by atoms with van der Waals surface area (Å²) in [6.07, 6.45) is 7.26. The number of nitrogen functional groups attached to an aromatic ring is 1. The zero-order chi connectivity index (χ0) is 14.5. The minimum Gasteiger partial charge on any atom is -0.495 e. The summed E-state index contributed by atoms with van der Waals surface area (Å²) in [5.74, 6) is 1.07. The zero-order valence-electron chi connectivity index (χ0n) is 12.4. The Kier molecular flexibility index (Phi) is 5.10. The Morgan fingerprint density at radius 1 is 1.30 bits per heavy atom. The molecule has 0 bridgehead atoms. The fourth-order valence-corrected chi connectivity index (χ4v) is 3.08. The molecule has 1 saturated carbocycles. The van der Waals surface area contributed by atoms with Crippen molar-refractivity contribution in [1.82, 2.24) is 0 Å². The fourth-order valence-electron chi connectivity index (χ4n) is 3.08. The topological polar surface area (TPSA) is 47.3 Å². The lowest BCUT2D eigenvalue weighted by atomic mass is 9.83. The molecule has 0 unspecified atom stereocenters. The Morgan fingerprint density at radius 3 is 2.60 bits per heavy atom. The Bertz CT molecular complexity index is 442. The molecule has 3 nitrogen and oxygen atoms in total. The number of hydrogen-bond donors (Lipinski definition) is 2. The van der Waals surface area contributed by atoms with Gasteiger partial charge in [-0.05, 0) is 31.6 Å². The number of rotatable bonds is 5. The van der Waals surface area contributed by atoms with E-state index in [1.165, 1.54) is 31.7 Å². The number of halogens is 1. The molecule has 0 heterocycles. The number of nitrogens with one attached hydrogen (secondary N) is 1. The minimum absolute atomic E-state index is 0.306. The van der Waals surface area contributed by atoms with Gasteiger partial charge in [-0.15, -0.1) is 0 Å². The molecule has 0 atom stereocenters. The smallest absolute Gasteiger partial charge is 0.148 e. The predicted molar refractivity (Wildman–Crippen MR) is 81.6 cm³/mol. The first kappa shape index (κ1) is 14.9. The second-order valence-electron chi connectivity index (χ2n) is 5.72. The normalized spacial score (nSPS) is 22.6. The zero-order valence-corrected chi connectivity index (χ0v) is 12.4.